The van der Waals surface area contributed by atoms with E-state index in [-0.39, 0.29) is 0 Å². The highest BCUT2D eigenvalue weighted by atomic mass is 32.2. The standard InChI is InChI=1S/C42H54O5S/c1-3-5-7-9-11-13-14-16-18-34-45-39-30-26-38(27-31-39)42(43)47-40-28-22-36(23-29-40)20-21-37-24-32-41(33-25-37)48(44)46-35-19-17-15-12-10-8-6-4-2/h3,22-33H,1,4-19,34-35H2,2H3. The van der Waals surface area contributed by atoms with Crippen molar-refractivity contribution in [3.05, 3.63) is 102 Å². The number of hydrogen-bond acceptors (Lipinski definition) is 5. The van der Waals surface area contributed by atoms with E-state index in [0.717, 1.165) is 42.6 Å². The average molecular weight is 671 g/mol. The van der Waals surface area contributed by atoms with Gasteiger partial charge in [-0.1, -0.05) is 102 Å². The Bertz CT molecular complexity index is 1400. The van der Waals surface area contributed by atoms with Crippen molar-refractivity contribution in [1.29, 1.82) is 0 Å². The van der Waals surface area contributed by atoms with Crippen LogP contribution in [-0.4, -0.2) is 23.4 Å². The topological polar surface area (TPSA) is 61.8 Å². The van der Waals surface area contributed by atoms with E-state index in [1.165, 1.54) is 77.0 Å². The molecule has 0 heterocycles. The first-order chi connectivity index (χ1) is 23.6. The summed E-state index contributed by atoms with van der Waals surface area (Å²) in [5.74, 6) is 7.03. The van der Waals surface area contributed by atoms with E-state index in [1.807, 2.05) is 42.5 Å². The second kappa shape index (κ2) is 24.5. The predicted octanol–water partition coefficient (Wildman–Crippen LogP) is 11.2. The SMILES string of the molecule is C=CCCCCCCCCCOc1ccc(C(=O)Oc2ccc(C#Cc3ccc(S(=O)OCCCCCCCCCC)cc3)cc2)cc1. The van der Waals surface area contributed by atoms with Crippen molar-refractivity contribution >= 4 is 17.0 Å². The molecule has 3 rings (SSSR count). The van der Waals surface area contributed by atoms with Crippen LogP contribution in [0.2, 0.25) is 0 Å². The molecule has 0 aliphatic carbocycles. The number of allylic oxidation sites excluding steroid dienone is 1. The molecule has 0 aliphatic heterocycles. The molecule has 0 radical (unpaired) electrons. The normalized spacial score (nSPS) is 11.4. The molecule has 0 spiro atoms. The molecule has 0 aromatic heterocycles. The number of hydrogen-bond donors (Lipinski definition) is 0. The largest absolute Gasteiger partial charge is 0.494 e. The molecule has 3 aromatic carbocycles. The molecule has 3 aromatic rings. The second-order valence-electron chi connectivity index (χ2n) is 12.1. The smallest absolute Gasteiger partial charge is 0.343 e. The maximum atomic E-state index is 12.7. The van der Waals surface area contributed by atoms with E-state index in [4.69, 9.17) is 13.7 Å². The fraction of sp³-hybridized carbons (Fsp3) is 0.452. The maximum Gasteiger partial charge on any atom is 0.343 e. The van der Waals surface area contributed by atoms with Gasteiger partial charge in [0.2, 0.25) is 0 Å². The van der Waals surface area contributed by atoms with Gasteiger partial charge in [0.05, 0.1) is 23.7 Å². The maximum absolute atomic E-state index is 12.7. The average Bonchev–Trinajstić information content (AvgIpc) is 3.11. The van der Waals surface area contributed by atoms with E-state index >= 15 is 0 Å². The van der Waals surface area contributed by atoms with Crippen molar-refractivity contribution in [3.8, 4) is 23.3 Å². The first-order valence-corrected chi connectivity index (χ1v) is 19.0. The summed E-state index contributed by atoms with van der Waals surface area (Å²) >= 11 is -1.47. The Balaban J connectivity index is 1.33. The minimum absolute atomic E-state index is 0.423. The monoisotopic (exact) mass is 670 g/mol. The lowest BCUT2D eigenvalue weighted by Gasteiger charge is -2.08. The van der Waals surface area contributed by atoms with Crippen LogP contribution in [0, 0.1) is 11.8 Å². The number of carbonyl (C=O) groups excluding carboxylic acids is 1. The number of rotatable bonds is 24. The van der Waals surface area contributed by atoms with Crippen molar-refractivity contribution < 1.29 is 22.7 Å². The number of ether oxygens (including phenoxy) is 2. The van der Waals surface area contributed by atoms with Crippen LogP contribution >= 0.6 is 0 Å². The van der Waals surface area contributed by atoms with Gasteiger partial charge >= 0.3 is 5.97 Å². The van der Waals surface area contributed by atoms with E-state index in [9.17, 15) is 9.00 Å². The van der Waals surface area contributed by atoms with Crippen LogP contribution < -0.4 is 9.47 Å². The van der Waals surface area contributed by atoms with Gasteiger partial charge in [0, 0.05) is 11.1 Å². The first-order valence-electron chi connectivity index (χ1n) is 17.9. The zero-order chi connectivity index (χ0) is 34.1. The Labute approximate surface area is 292 Å². The molecule has 0 saturated heterocycles. The third kappa shape index (κ3) is 16.4. The van der Waals surface area contributed by atoms with Gasteiger partial charge in [-0.05, 0) is 98.5 Å². The summed E-state index contributed by atoms with van der Waals surface area (Å²) in [4.78, 5) is 13.3. The van der Waals surface area contributed by atoms with Crippen molar-refractivity contribution in [1.82, 2.24) is 0 Å². The molecule has 5 nitrogen and oxygen atoms in total. The van der Waals surface area contributed by atoms with Gasteiger partial charge in [0.1, 0.15) is 11.5 Å². The zero-order valence-corrected chi connectivity index (χ0v) is 29.7. The Hall–Kier alpha value is -3.66. The van der Waals surface area contributed by atoms with Crippen LogP contribution in [0.25, 0.3) is 0 Å². The predicted molar refractivity (Wildman–Crippen MR) is 198 cm³/mol. The Morgan fingerprint density at radius 3 is 1.73 bits per heavy atom. The fourth-order valence-corrected chi connectivity index (χ4v) is 5.92. The van der Waals surface area contributed by atoms with Gasteiger partial charge in [0.15, 0.2) is 11.1 Å². The molecule has 48 heavy (non-hydrogen) atoms. The number of unbranched alkanes of at least 4 members (excludes halogenated alkanes) is 14. The van der Waals surface area contributed by atoms with Gasteiger partial charge < -0.3 is 9.47 Å². The van der Waals surface area contributed by atoms with Crippen molar-refractivity contribution in [3.63, 3.8) is 0 Å². The van der Waals surface area contributed by atoms with Crippen molar-refractivity contribution in [2.45, 2.75) is 115 Å². The number of esters is 1. The highest BCUT2D eigenvalue weighted by Gasteiger charge is 2.09. The van der Waals surface area contributed by atoms with Crippen molar-refractivity contribution in [2.75, 3.05) is 13.2 Å². The van der Waals surface area contributed by atoms with Crippen LogP contribution in [0.3, 0.4) is 0 Å². The van der Waals surface area contributed by atoms with E-state index in [1.54, 1.807) is 36.4 Å². The minimum Gasteiger partial charge on any atom is -0.494 e. The van der Waals surface area contributed by atoms with Crippen LogP contribution in [0.1, 0.15) is 131 Å². The summed E-state index contributed by atoms with van der Waals surface area (Å²) in [6.07, 6.45) is 21.4. The van der Waals surface area contributed by atoms with Crippen LogP contribution in [0.15, 0.2) is 90.3 Å². The molecule has 0 N–H and O–H groups in total. The number of carbonyl (C=O) groups is 1. The summed E-state index contributed by atoms with van der Waals surface area (Å²) < 4.78 is 29.4. The highest BCUT2D eigenvalue weighted by Crippen LogP contribution is 2.18. The van der Waals surface area contributed by atoms with Gasteiger partial charge in [-0.3, -0.25) is 4.18 Å². The van der Waals surface area contributed by atoms with Gasteiger partial charge in [-0.15, -0.1) is 6.58 Å². The van der Waals surface area contributed by atoms with Gasteiger partial charge in [0.25, 0.3) is 0 Å². The third-order valence-electron chi connectivity index (χ3n) is 8.06. The lowest BCUT2D eigenvalue weighted by molar-refractivity contribution is 0.0734. The van der Waals surface area contributed by atoms with Crippen molar-refractivity contribution in [2.24, 2.45) is 0 Å². The summed E-state index contributed by atoms with van der Waals surface area (Å²) in [7, 11) is 0. The Morgan fingerprint density at radius 1 is 0.646 bits per heavy atom. The lowest BCUT2D eigenvalue weighted by atomic mass is 10.1. The summed E-state index contributed by atoms with van der Waals surface area (Å²) in [5.41, 5.74) is 2.07. The molecule has 6 heteroatoms. The molecule has 1 unspecified atom stereocenters. The fourth-order valence-electron chi connectivity index (χ4n) is 5.16. The summed E-state index contributed by atoms with van der Waals surface area (Å²) in [6.45, 7) is 7.18. The molecule has 0 fully saturated rings. The van der Waals surface area contributed by atoms with Gasteiger partial charge in [-0.25, -0.2) is 9.00 Å². The number of benzene rings is 3. The van der Waals surface area contributed by atoms with Gasteiger partial charge in [-0.2, -0.15) is 0 Å². The molecule has 258 valence electrons. The first kappa shape index (κ1) is 38.8. The Morgan fingerprint density at radius 2 is 1.15 bits per heavy atom. The second-order valence-corrected chi connectivity index (χ2v) is 13.3. The van der Waals surface area contributed by atoms with Crippen LogP contribution in [0.4, 0.5) is 0 Å². The molecule has 1 atom stereocenters. The van der Waals surface area contributed by atoms with E-state index in [2.05, 4.69) is 25.3 Å². The molecular formula is C42H54O5S. The quantitative estimate of drug-likeness (QED) is 0.0312. The van der Waals surface area contributed by atoms with Crippen LogP contribution in [0.5, 0.6) is 11.5 Å². The molecule has 0 bridgehead atoms. The third-order valence-corrected chi connectivity index (χ3v) is 9.10. The summed E-state index contributed by atoms with van der Waals surface area (Å²) in [5, 5.41) is 0. The summed E-state index contributed by atoms with van der Waals surface area (Å²) in [6, 6.07) is 21.5. The molecule has 0 saturated carbocycles. The Kier molecular flexibility index (Phi) is 19.8. The minimum atomic E-state index is -1.47. The zero-order valence-electron chi connectivity index (χ0n) is 28.9. The van der Waals surface area contributed by atoms with E-state index in [0.29, 0.717) is 29.4 Å². The van der Waals surface area contributed by atoms with E-state index < -0.39 is 17.0 Å². The van der Waals surface area contributed by atoms with Crippen LogP contribution in [-0.2, 0) is 15.3 Å². The highest BCUT2D eigenvalue weighted by molar-refractivity contribution is 7.80. The molecule has 0 amide bonds. The lowest BCUT2D eigenvalue weighted by Crippen LogP contribution is -2.08. The molecular weight excluding hydrogens is 617 g/mol. The molecule has 0 aliphatic rings.